The first kappa shape index (κ1) is 7.15. The molecule has 0 N–H and O–H groups in total. The molecule has 0 aromatic heterocycles. The summed E-state index contributed by atoms with van der Waals surface area (Å²) in [6.07, 6.45) is 4.07. The van der Waals surface area contributed by atoms with Crippen molar-refractivity contribution >= 4 is 12.5 Å². The Morgan fingerprint density at radius 3 is 3.30 bits per heavy atom. The lowest BCUT2D eigenvalue weighted by Gasteiger charge is -2.10. The van der Waals surface area contributed by atoms with Gasteiger partial charge >= 0.3 is 0 Å². The van der Waals surface area contributed by atoms with Crippen molar-refractivity contribution in [1.82, 2.24) is 0 Å². The molecule has 0 aromatic carbocycles. The summed E-state index contributed by atoms with van der Waals surface area (Å²) in [5.74, 6) is 0. The van der Waals surface area contributed by atoms with Crippen LogP contribution in [0, 0.1) is 0 Å². The number of methoxy groups -OCH3 is 1. The topological polar surface area (TPSA) is 38.7 Å². The third-order valence-electron chi connectivity index (χ3n) is 1.34. The number of dihydropyridines is 1. The molecule has 1 aliphatic heterocycles. The van der Waals surface area contributed by atoms with Gasteiger partial charge in [-0.3, -0.25) is 9.79 Å². The quantitative estimate of drug-likeness (QED) is 0.513. The number of nitrogens with zero attached hydrogens (tertiary/aromatic N) is 1. The Labute approximate surface area is 59.4 Å². The maximum atomic E-state index is 10.2. The highest BCUT2D eigenvalue weighted by atomic mass is 16.5. The normalized spacial score (nSPS) is 24.1. The molecule has 0 fully saturated rings. The van der Waals surface area contributed by atoms with Crippen molar-refractivity contribution in [1.29, 1.82) is 0 Å². The second-order valence-electron chi connectivity index (χ2n) is 2.05. The molecule has 10 heavy (non-hydrogen) atoms. The molecule has 3 heteroatoms. The highest BCUT2D eigenvalue weighted by molar-refractivity contribution is 6.02. The number of hydrogen-bond acceptors (Lipinski definition) is 3. The van der Waals surface area contributed by atoms with Crippen molar-refractivity contribution in [2.24, 2.45) is 4.99 Å². The van der Waals surface area contributed by atoms with Crippen LogP contribution in [0.25, 0.3) is 0 Å². The molecule has 1 rings (SSSR count). The van der Waals surface area contributed by atoms with E-state index in [9.17, 15) is 4.79 Å². The van der Waals surface area contributed by atoms with Crippen LogP contribution in [0.2, 0.25) is 0 Å². The predicted molar refractivity (Wildman–Crippen MR) is 38.3 cm³/mol. The number of carbonyl (C=O) groups is 1. The Morgan fingerprint density at radius 2 is 2.70 bits per heavy atom. The average molecular weight is 139 g/mol. The third kappa shape index (κ3) is 1.51. The SMILES string of the molecule is COC1C=C(C=O)C=NC1. The zero-order valence-corrected chi connectivity index (χ0v) is 5.78. The third-order valence-corrected chi connectivity index (χ3v) is 1.34. The van der Waals surface area contributed by atoms with Crippen LogP contribution < -0.4 is 0 Å². The fourth-order valence-electron chi connectivity index (χ4n) is 0.785. The van der Waals surface area contributed by atoms with E-state index in [0.29, 0.717) is 12.1 Å². The van der Waals surface area contributed by atoms with Crippen molar-refractivity contribution in [3.63, 3.8) is 0 Å². The van der Waals surface area contributed by atoms with E-state index in [4.69, 9.17) is 4.74 Å². The first-order chi connectivity index (χ1) is 4.86. The van der Waals surface area contributed by atoms with Gasteiger partial charge in [0.25, 0.3) is 0 Å². The summed E-state index contributed by atoms with van der Waals surface area (Å²) >= 11 is 0. The van der Waals surface area contributed by atoms with Gasteiger partial charge in [-0.15, -0.1) is 0 Å². The highest BCUT2D eigenvalue weighted by Crippen LogP contribution is 2.02. The average Bonchev–Trinajstić information content (AvgIpc) is 2.05. The molecule has 1 unspecified atom stereocenters. The fraction of sp³-hybridized carbons (Fsp3) is 0.429. The lowest BCUT2D eigenvalue weighted by Crippen LogP contribution is -2.16. The number of hydrogen-bond donors (Lipinski definition) is 0. The highest BCUT2D eigenvalue weighted by Gasteiger charge is 2.07. The van der Waals surface area contributed by atoms with E-state index in [1.54, 1.807) is 19.4 Å². The lowest BCUT2D eigenvalue weighted by atomic mass is 10.2. The maximum Gasteiger partial charge on any atom is 0.151 e. The van der Waals surface area contributed by atoms with Gasteiger partial charge in [0, 0.05) is 18.9 Å². The number of allylic oxidation sites excluding steroid dienone is 1. The fourth-order valence-corrected chi connectivity index (χ4v) is 0.785. The Balaban J connectivity index is 2.64. The molecule has 0 radical (unpaired) electrons. The molecule has 0 saturated heterocycles. The summed E-state index contributed by atoms with van der Waals surface area (Å²) in [4.78, 5) is 14.1. The van der Waals surface area contributed by atoms with Crippen LogP contribution >= 0.6 is 0 Å². The molecular weight excluding hydrogens is 130 g/mol. The van der Waals surface area contributed by atoms with Crippen LogP contribution in [0.3, 0.4) is 0 Å². The predicted octanol–water partition coefficient (Wildman–Crippen LogP) is 0.211. The largest absolute Gasteiger partial charge is 0.375 e. The molecular formula is C7H9NO2. The summed E-state index contributed by atoms with van der Waals surface area (Å²) in [6.45, 7) is 0.619. The van der Waals surface area contributed by atoms with Gasteiger partial charge in [0.1, 0.15) is 0 Å². The van der Waals surface area contributed by atoms with Gasteiger partial charge in [-0.25, -0.2) is 0 Å². The van der Waals surface area contributed by atoms with Gasteiger partial charge in [-0.05, 0) is 6.08 Å². The van der Waals surface area contributed by atoms with Gasteiger partial charge in [0.2, 0.25) is 0 Å². The zero-order chi connectivity index (χ0) is 7.40. The van der Waals surface area contributed by atoms with Crippen LogP contribution in [-0.4, -0.2) is 32.3 Å². The number of carbonyl (C=O) groups excluding carboxylic acids is 1. The first-order valence-corrected chi connectivity index (χ1v) is 3.06. The second kappa shape index (κ2) is 3.27. The summed E-state index contributed by atoms with van der Waals surface area (Å²) in [5.41, 5.74) is 0.595. The van der Waals surface area contributed by atoms with Crippen LogP contribution in [0.4, 0.5) is 0 Å². The second-order valence-corrected chi connectivity index (χ2v) is 2.05. The van der Waals surface area contributed by atoms with Crippen molar-refractivity contribution in [2.45, 2.75) is 6.10 Å². The maximum absolute atomic E-state index is 10.2. The molecule has 3 nitrogen and oxygen atoms in total. The lowest BCUT2D eigenvalue weighted by molar-refractivity contribution is -0.104. The molecule has 1 heterocycles. The number of ether oxygens (including phenoxy) is 1. The van der Waals surface area contributed by atoms with Gasteiger partial charge in [-0.2, -0.15) is 0 Å². The minimum atomic E-state index is -0.0230. The number of aldehydes is 1. The van der Waals surface area contributed by atoms with Crippen molar-refractivity contribution in [3.8, 4) is 0 Å². The minimum absolute atomic E-state index is 0.0230. The summed E-state index contributed by atoms with van der Waals surface area (Å²) < 4.78 is 4.97. The summed E-state index contributed by atoms with van der Waals surface area (Å²) in [7, 11) is 1.60. The van der Waals surface area contributed by atoms with E-state index in [0.717, 1.165) is 6.29 Å². The molecule has 0 aliphatic carbocycles. The first-order valence-electron chi connectivity index (χ1n) is 3.06. The summed E-state index contributed by atoms with van der Waals surface area (Å²) in [5, 5.41) is 0. The molecule has 0 spiro atoms. The van der Waals surface area contributed by atoms with E-state index in [1.807, 2.05) is 0 Å². The van der Waals surface area contributed by atoms with Gasteiger partial charge in [0.15, 0.2) is 6.29 Å². The molecule has 1 aliphatic rings. The minimum Gasteiger partial charge on any atom is -0.375 e. The zero-order valence-electron chi connectivity index (χ0n) is 5.78. The van der Waals surface area contributed by atoms with Gasteiger partial charge in [0.05, 0.1) is 12.6 Å². The van der Waals surface area contributed by atoms with Crippen molar-refractivity contribution in [3.05, 3.63) is 11.6 Å². The van der Waals surface area contributed by atoms with E-state index in [1.165, 1.54) is 0 Å². The number of aliphatic imine (C=N–C) groups is 1. The molecule has 0 aromatic rings. The van der Waals surface area contributed by atoms with Crippen LogP contribution in [0.1, 0.15) is 0 Å². The molecule has 1 atom stereocenters. The van der Waals surface area contributed by atoms with E-state index in [2.05, 4.69) is 4.99 Å². The molecule has 0 amide bonds. The van der Waals surface area contributed by atoms with E-state index < -0.39 is 0 Å². The Kier molecular flexibility index (Phi) is 2.34. The van der Waals surface area contributed by atoms with E-state index in [-0.39, 0.29) is 6.10 Å². The Hall–Kier alpha value is -0.960. The van der Waals surface area contributed by atoms with Gasteiger partial charge < -0.3 is 4.74 Å². The standard InChI is InChI=1S/C7H9NO2/c1-10-7-2-6(5-9)3-8-4-7/h2-3,5,7H,4H2,1H3. The molecule has 0 bridgehead atoms. The monoisotopic (exact) mass is 139 g/mol. The number of rotatable bonds is 2. The van der Waals surface area contributed by atoms with Crippen molar-refractivity contribution in [2.75, 3.05) is 13.7 Å². The molecule has 54 valence electrons. The van der Waals surface area contributed by atoms with Crippen LogP contribution in [0.15, 0.2) is 16.6 Å². The molecule has 0 saturated carbocycles. The summed E-state index contributed by atoms with van der Waals surface area (Å²) in [6, 6.07) is 0. The van der Waals surface area contributed by atoms with Crippen LogP contribution in [-0.2, 0) is 9.53 Å². The van der Waals surface area contributed by atoms with E-state index >= 15 is 0 Å². The Morgan fingerprint density at radius 1 is 1.90 bits per heavy atom. The van der Waals surface area contributed by atoms with Gasteiger partial charge in [-0.1, -0.05) is 0 Å². The smallest absolute Gasteiger partial charge is 0.151 e. The van der Waals surface area contributed by atoms with Crippen LogP contribution in [0.5, 0.6) is 0 Å². The Bertz CT molecular complexity index is 184. The van der Waals surface area contributed by atoms with Crippen molar-refractivity contribution < 1.29 is 9.53 Å².